The van der Waals surface area contributed by atoms with Crippen LogP contribution in [0.2, 0.25) is 0 Å². The van der Waals surface area contributed by atoms with Gasteiger partial charge in [0.2, 0.25) is 0 Å². The van der Waals surface area contributed by atoms with Crippen LogP contribution in [-0.4, -0.2) is 47.5 Å². The van der Waals surface area contributed by atoms with Gasteiger partial charge >= 0.3 is 0 Å². The van der Waals surface area contributed by atoms with Gasteiger partial charge in [0.25, 0.3) is 11.8 Å². The fraction of sp³-hybridized carbons (Fsp3) is 0.304. The summed E-state index contributed by atoms with van der Waals surface area (Å²) in [6.45, 7) is 4.76. The largest absolute Gasteiger partial charge is 0.367 e. The minimum atomic E-state index is -0.730. The molecule has 33 heavy (non-hydrogen) atoms. The van der Waals surface area contributed by atoms with E-state index in [1.165, 1.54) is 16.2 Å². The van der Waals surface area contributed by atoms with E-state index in [1.54, 1.807) is 17.8 Å². The van der Waals surface area contributed by atoms with Crippen LogP contribution in [0.25, 0.3) is 0 Å². The average molecular weight is 464 g/mol. The molecule has 2 aliphatic heterocycles. The van der Waals surface area contributed by atoms with E-state index in [4.69, 9.17) is 5.73 Å². The summed E-state index contributed by atoms with van der Waals surface area (Å²) in [7, 11) is 0. The molecule has 2 aliphatic rings. The van der Waals surface area contributed by atoms with Gasteiger partial charge in [-0.15, -0.1) is 11.3 Å². The molecular weight excluding hydrogens is 438 g/mol. The van der Waals surface area contributed by atoms with Gasteiger partial charge in [-0.1, -0.05) is 25.1 Å². The molecule has 0 aliphatic carbocycles. The summed E-state index contributed by atoms with van der Waals surface area (Å²) in [5.41, 5.74) is 9.35. The topological polar surface area (TPSA) is 116 Å². The van der Waals surface area contributed by atoms with E-state index >= 15 is 0 Å². The number of aromatic nitrogens is 2. The third-order valence-electron chi connectivity index (χ3n) is 6.05. The molecule has 2 atom stereocenters. The van der Waals surface area contributed by atoms with Crippen molar-refractivity contribution < 1.29 is 9.59 Å². The van der Waals surface area contributed by atoms with Crippen LogP contribution in [0.3, 0.4) is 0 Å². The Morgan fingerprint density at radius 2 is 2.15 bits per heavy atom. The SMILES string of the molecule is CC[C@H]1CN(c2ccncc2NC(=O)c2csc(N3C(=O)C(N)c4ccccc43)n2)CCN1. The molecule has 10 heteroatoms. The first-order valence-electron chi connectivity index (χ1n) is 10.9. The molecule has 0 saturated carbocycles. The molecule has 2 amide bonds. The van der Waals surface area contributed by atoms with Gasteiger partial charge in [0.05, 0.1) is 23.3 Å². The summed E-state index contributed by atoms with van der Waals surface area (Å²) in [5.74, 6) is -0.602. The van der Waals surface area contributed by atoms with Crippen LogP contribution >= 0.6 is 11.3 Å². The van der Waals surface area contributed by atoms with Crippen molar-refractivity contribution in [3.63, 3.8) is 0 Å². The van der Waals surface area contributed by atoms with Crippen LogP contribution in [0.15, 0.2) is 48.1 Å². The quantitative estimate of drug-likeness (QED) is 0.533. The highest BCUT2D eigenvalue weighted by atomic mass is 32.1. The van der Waals surface area contributed by atoms with Crippen LogP contribution in [0.4, 0.5) is 22.2 Å². The van der Waals surface area contributed by atoms with E-state index in [-0.39, 0.29) is 17.5 Å². The van der Waals surface area contributed by atoms with Crippen LogP contribution in [0, 0.1) is 0 Å². The molecule has 170 valence electrons. The lowest BCUT2D eigenvalue weighted by Gasteiger charge is -2.35. The van der Waals surface area contributed by atoms with Crippen LogP contribution in [0.5, 0.6) is 0 Å². The number of thiazole rings is 1. The van der Waals surface area contributed by atoms with E-state index in [9.17, 15) is 9.59 Å². The van der Waals surface area contributed by atoms with Gasteiger partial charge in [-0.05, 0) is 18.6 Å². The Hall–Kier alpha value is -3.34. The molecule has 1 fully saturated rings. The molecule has 0 bridgehead atoms. The van der Waals surface area contributed by atoms with E-state index in [1.807, 2.05) is 30.3 Å². The van der Waals surface area contributed by atoms with E-state index in [0.717, 1.165) is 37.3 Å². The van der Waals surface area contributed by atoms with Crippen LogP contribution in [-0.2, 0) is 4.79 Å². The maximum atomic E-state index is 13.0. The summed E-state index contributed by atoms with van der Waals surface area (Å²) in [6.07, 6.45) is 4.42. The Morgan fingerprint density at radius 1 is 1.30 bits per heavy atom. The Morgan fingerprint density at radius 3 is 3.00 bits per heavy atom. The second-order valence-electron chi connectivity index (χ2n) is 8.08. The Labute approximate surface area is 195 Å². The number of anilines is 4. The molecule has 3 aromatic rings. The van der Waals surface area contributed by atoms with Crippen molar-refractivity contribution in [1.82, 2.24) is 15.3 Å². The number of nitrogens with two attached hydrogens (primary N) is 1. The fourth-order valence-electron chi connectivity index (χ4n) is 4.28. The lowest BCUT2D eigenvalue weighted by Crippen LogP contribution is -2.50. The zero-order valence-electron chi connectivity index (χ0n) is 18.2. The van der Waals surface area contributed by atoms with Crippen LogP contribution < -0.4 is 26.2 Å². The second kappa shape index (κ2) is 8.89. The number of para-hydroxylation sites is 1. The van der Waals surface area contributed by atoms with Gasteiger partial charge in [-0.25, -0.2) is 4.98 Å². The molecule has 1 unspecified atom stereocenters. The lowest BCUT2D eigenvalue weighted by molar-refractivity contribution is -0.118. The first-order valence-corrected chi connectivity index (χ1v) is 11.8. The molecule has 0 radical (unpaired) electrons. The summed E-state index contributed by atoms with van der Waals surface area (Å²) in [4.78, 5) is 38.2. The maximum absolute atomic E-state index is 13.0. The van der Waals surface area contributed by atoms with E-state index in [2.05, 4.69) is 32.4 Å². The molecule has 4 N–H and O–H groups in total. The number of hydrogen-bond acceptors (Lipinski definition) is 8. The lowest BCUT2D eigenvalue weighted by atomic mass is 10.1. The number of amides is 2. The highest BCUT2D eigenvalue weighted by molar-refractivity contribution is 7.14. The van der Waals surface area contributed by atoms with Gasteiger partial charge in [0.15, 0.2) is 5.13 Å². The standard InChI is InChI=1S/C23H25N7O2S/c1-2-14-12-29(10-9-26-14)19-7-8-25-11-16(19)27-21(31)17-13-33-23(28-17)30-18-6-4-3-5-15(18)20(24)22(30)32/h3-8,11,13-14,20,26H,2,9-10,12,24H2,1H3,(H,27,31)/t14-,20?/m0/s1. The summed E-state index contributed by atoms with van der Waals surface area (Å²) < 4.78 is 0. The minimum Gasteiger partial charge on any atom is -0.367 e. The molecule has 9 nitrogen and oxygen atoms in total. The predicted molar refractivity (Wildman–Crippen MR) is 129 cm³/mol. The molecule has 5 rings (SSSR count). The van der Waals surface area contributed by atoms with Gasteiger partial charge in [-0.3, -0.25) is 19.5 Å². The number of carbonyl (C=O) groups is 2. The van der Waals surface area contributed by atoms with Gasteiger partial charge in [0.1, 0.15) is 11.7 Å². The van der Waals surface area contributed by atoms with Crippen molar-refractivity contribution in [2.45, 2.75) is 25.4 Å². The average Bonchev–Trinajstić information content (AvgIpc) is 3.43. The normalized spacial score (nSPS) is 20.1. The van der Waals surface area contributed by atoms with Gasteiger partial charge in [-0.2, -0.15) is 0 Å². The number of hydrogen-bond donors (Lipinski definition) is 3. The molecule has 1 aromatic carbocycles. The summed E-state index contributed by atoms with van der Waals surface area (Å²) >= 11 is 1.23. The van der Waals surface area contributed by atoms with Crippen molar-refractivity contribution >= 4 is 45.3 Å². The predicted octanol–water partition coefficient (Wildman–Crippen LogP) is 2.66. The number of benzene rings is 1. The third kappa shape index (κ3) is 3.97. The monoisotopic (exact) mass is 463 g/mol. The smallest absolute Gasteiger partial charge is 0.275 e. The molecular formula is C23H25N7O2S. The Bertz CT molecular complexity index is 1200. The number of carbonyl (C=O) groups excluding carboxylic acids is 2. The highest BCUT2D eigenvalue weighted by Gasteiger charge is 2.37. The van der Waals surface area contributed by atoms with E-state index < -0.39 is 6.04 Å². The summed E-state index contributed by atoms with van der Waals surface area (Å²) in [6, 6.07) is 8.96. The zero-order chi connectivity index (χ0) is 22.9. The summed E-state index contributed by atoms with van der Waals surface area (Å²) in [5, 5.41) is 8.53. The van der Waals surface area contributed by atoms with Crippen molar-refractivity contribution in [2.24, 2.45) is 5.73 Å². The molecule has 2 aromatic heterocycles. The van der Waals surface area contributed by atoms with Crippen molar-refractivity contribution in [2.75, 3.05) is 34.8 Å². The maximum Gasteiger partial charge on any atom is 0.275 e. The fourth-order valence-corrected chi connectivity index (χ4v) is 5.10. The highest BCUT2D eigenvalue weighted by Crippen LogP contribution is 2.40. The Kier molecular flexibility index (Phi) is 5.79. The first-order chi connectivity index (χ1) is 16.1. The van der Waals surface area contributed by atoms with Crippen molar-refractivity contribution in [3.8, 4) is 0 Å². The molecule has 1 saturated heterocycles. The molecule has 0 spiro atoms. The third-order valence-corrected chi connectivity index (χ3v) is 6.88. The first kappa shape index (κ1) is 21.5. The number of pyridine rings is 1. The number of rotatable bonds is 5. The number of fused-ring (bicyclic) bond motifs is 1. The van der Waals surface area contributed by atoms with Gasteiger partial charge < -0.3 is 21.3 Å². The Balaban J connectivity index is 1.36. The van der Waals surface area contributed by atoms with Crippen molar-refractivity contribution in [1.29, 1.82) is 0 Å². The number of nitrogens with zero attached hydrogens (tertiary/aromatic N) is 4. The number of piperazine rings is 1. The number of nitrogens with one attached hydrogen (secondary N) is 2. The zero-order valence-corrected chi connectivity index (χ0v) is 19.0. The van der Waals surface area contributed by atoms with Gasteiger partial charge in [0, 0.05) is 42.8 Å². The molecule has 4 heterocycles. The van der Waals surface area contributed by atoms with Crippen molar-refractivity contribution in [3.05, 3.63) is 59.4 Å². The van der Waals surface area contributed by atoms with Crippen LogP contribution in [0.1, 0.15) is 35.4 Å². The minimum absolute atomic E-state index is 0.238. The van der Waals surface area contributed by atoms with E-state index in [0.29, 0.717) is 22.5 Å². The second-order valence-corrected chi connectivity index (χ2v) is 8.91.